The Morgan fingerprint density at radius 2 is 2.00 bits per heavy atom. The highest BCUT2D eigenvalue weighted by Crippen LogP contribution is 2.09. The summed E-state index contributed by atoms with van der Waals surface area (Å²) in [6, 6.07) is 6.06. The number of carbonyl (C=O) groups excluding carboxylic acids is 1. The highest BCUT2D eigenvalue weighted by Gasteiger charge is 2.03. The molecule has 1 aromatic carbocycles. The smallest absolute Gasteiger partial charge is 0.271 e. The van der Waals surface area contributed by atoms with Gasteiger partial charge in [-0.25, -0.2) is 5.43 Å². The summed E-state index contributed by atoms with van der Waals surface area (Å²) < 4.78 is 0. The predicted octanol–water partition coefficient (Wildman–Crippen LogP) is 2.69. The van der Waals surface area contributed by atoms with E-state index >= 15 is 0 Å². The van der Waals surface area contributed by atoms with Crippen molar-refractivity contribution in [2.75, 3.05) is 0 Å². The third-order valence-corrected chi connectivity index (χ3v) is 2.37. The summed E-state index contributed by atoms with van der Waals surface area (Å²) in [5.74, 6) is -0.120. The Morgan fingerprint density at radius 1 is 1.35 bits per heavy atom. The summed E-state index contributed by atoms with van der Waals surface area (Å²) in [7, 11) is 0. The molecule has 0 fully saturated rings. The van der Waals surface area contributed by atoms with E-state index in [-0.39, 0.29) is 11.7 Å². The van der Waals surface area contributed by atoms with Gasteiger partial charge in [0.1, 0.15) is 5.75 Å². The summed E-state index contributed by atoms with van der Waals surface area (Å²) in [5, 5.41) is 13.1. The molecule has 2 N–H and O–H groups in total. The van der Waals surface area contributed by atoms with Gasteiger partial charge in [-0.3, -0.25) is 4.79 Å². The van der Waals surface area contributed by atoms with Gasteiger partial charge in [0.15, 0.2) is 0 Å². The molecule has 0 saturated carbocycles. The first-order chi connectivity index (χ1) is 8.13. The Hall–Kier alpha value is -1.84. The largest absolute Gasteiger partial charge is 0.508 e. The molecule has 0 bridgehead atoms. The van der Waals surface area contributed by atoms with E-state index in [4.69, 9.17) is 5.11 Å². The lowest BCUT2D eigenvalue weighted by molar-refractivity contribution is 0.0954. The zero-order valence-electron chi connectivity index (χ0n) is 10.2. The van der Waals surface area contributed by atoms with Gasteiger partial charge in [0.25, 0.3) is 5.91 Å². The summed E-state index contributed by atoms with van der Waals surface area (Å²) in [5.41, 5.74) is 3.89. The van der Waals surface area contributed by atoms with Crippen molar-refractivity contribution in [3.8, 4) is 5.75 Å². The molecular weight excluding hydrogens is 216 g/mol. The molecule has 0 aliphatic rings. The normalized spacial score (nSPS) is 11.3. The third kappa shape index (κ3) is 4.68. The summed E-state index contributed by atoms with van der Waals surface area (Å²) in [6.07, 6.45) is 3.08. The number of nitrogens with one attached hydrogen (secondary N) is 1. The SMILES string of the molecule is CCCCC(C)=NNC(=O)c1ccc(O)cc1. The molecule has 0 spiro atoms. The molecule has 0 aliphatic heterocycles. The van der Waals surface area contributed by atoms with Crippen molar-refractivity contribution < 1.29 is 9.90 Å². The van der Waals surface area contributed by atoms with Gasteiger partial charge < -0.3 is 5.11 Å². The number of aromatic hydroxyl groups is 1. The molecular formula is C13H18N2O2. The molecule has 0 saturated heterocycles. The van der Waals surface area contributed by atoms with Crippen molar-refractivity contribution in [1.82, 2.24) is 5.43 Å². The average molecular weight is 234 g/mol. The lowest BCUT2D eigenvalue weighted by atomic mass is 10.2. The number of rotatable bonds is 5. The van der Waals surface area contributed by atoms with E-state index in [1.54, 1.807) is 12.1 Å². The highest BCUT2D eigenvalue weighted by molar-refractivity contribution is 5.95. The van der Waals surface area contributed by atoms with Crippen LogP contribution in [0.1, 0.15) is 43.5 Å². The van der Waals surface area contributed by atoms with Gasteiger partial charge >= 0.3 is 0 Å². The van der Waals surface area contributed by atoms with Crippen molar-refractivity contribution in [3.63, 3.8) is 0 Å². The molecule has 0 aliphatic carbocycles. The molecule has 4 nitrogen and oxygen atoms in total. The van der Waals surface area contributed by atoms with Crippen molar-refractivity contribution in [1.29, 1.82) is 0 Å². The molecule has 4 heteroatoms. The number of phenolic OH excluding ortho intramolecular Hbond substituents is 1. The Labute approximate surface area is 101 Å². The maximum Gasteiger partial charge on any atom is 0.271 e. The van der Waals surface area contributed by atoms with Crippen molar-refractivity contribution in [3.05, 3.63) is 29.8 Å². The van der Waals surface area contributed by atoms with Crippen molar-refractivity contribution >= 4 is 11.6 Å². The van der Waals surface area contributed by atoms with Crippen LogP contribution in [0, 0.1) is 0 Å². The van der Waals surface area contributed by atoms with Crippen molar-refractivity contribution in [2.45, 2.75) is 33.1 Å². The van der Waals surface area contributed by atoms with Crippen LogP contribution in [0.5, 0.6) is 5.75 Å². The molecule has 0 radical (unpaired) electrons. The van der Waals surface area contributed by atoms with Gasteiger partial charge in [0.05, 0.1) is 0 Å². The molecule has 1 aromatic rings. The minimum atomic E-state index is -0.263. The third-order valence-electron chi connectivity index (χ3n) is 2.37. The molecule has 1 amide bonds. The first-order valence-electron chi connectivity index (χ1n) is 5.76. The standard InChI is InChI=1S/C13H18N2O2/c1-3-4-5-10(2)14-15-13(17)11-6-8-12(16)9-7-11/h6-9,16H,3-5H2,1-2H3,(H,15,17). The van der Waals surface area contributed by atoms with Gasteiger partial charge in [-0.15, -0.1) is 0 Å². The Balaban J connectivity index is 2.52. The quantitative estimate of drug-likeness (QED) is 0.607. The van der Waals surface area contributed by atoms with Gasteiger partial charge in [-0.1, -0.05) is 13.3 Å². The number of amides is 1. The van der Waals surface area contributed by atoms with Gasteiger partial charge in [-0.2, -0.15) is 5.10 Å². The van der Waals surface area contributed by atoms with Gasteiger partial charge in [-0.05, 0) is 44.0 Å². The number of hydrogen-bond acceptors (Lipinski definition) is 3. The number of nitrogens with zero attached hydrogens (tertiary/aromatic N) is 1. The summed E-state index contributed by atoms with van der Waals surface area (Å²) in [4.78, 5) is 11.6. The molecule has 92 valence electrons. The van der Waals surface area contributed by atoms with E-state index < -0.39 is 0 Å². The van der Waals surface area contributed by atoms with E-state index in [0.29, 0.717) is 5.56 Å². The number of hydrogen-bond donors (Lipinski definition) is 2. The highest BCUT2D eigenvalue weighted by atomic mass is 16.3. The van der Waals surface area contributed by atoms with Crippen molar-refractivity contribution in [2.24, 2.45) is 5.10 Å². The van der Waals surface area contributed by atoms with Crippen LogP contribution in [0.25, 0.3) is 0 Å². The Bertz CT molecular complexity index is 396. The number of unbranched alkanes of at least 4 members (excludes halogenated alkanes) is 1. The maximum atomic E-state index is 11.6. The van der Waals surface area contributed by atoms with E-state index in [1.165, 1.54) is 12.1 Å². The van der Waals surface area contributed by atoms with Crippen LogP contribution in [0.2, 0.25) is 0 Å². The second-order valence-electron chi connectivity index (χ2n) is 3.94. The molecule has 17 heavy (non-hydrogen) atoms. The number of carbonyl (C=O) groups is 1. The van der Waals surface area contributed by atoms with Crippen LogP contribution in [0.4, 0.5) is 0 Å². The fourth-order valence-corrected chi connectivity index (χ4v) is 1.31. The lowest BCUT2D eigenvalue weighted by Crippen LogP contribution is -2.18. The zero-order chi connectivity index (χ0) is 12.7. The van der Waals surface area contributed by atoms with Gasteiger partial charge in [0, 0.05) is 11.3 Å². The van der Waals surface area contributed by atoms with Crippen LogP contribution in [0.15, 0.2) is 29.4 Å². The Kier molecular flexibility index (Phi) is 5.20. The van der Waals surface area contributed by atoms with Crippen LogP contribution in [-0.4, -0.2) is 16.7 Å². The minimum absolute atomic E-state index is 0.143. The van der Waals surface area contributed by atoms with E-state index in [1.807, 2.05) is 6.92 Å². The monoisotopic (exact) mass is 234 g/mol. The van der Waals surface area contributed by atoms with E-state index in [9.17, 15) is 4.79 Å². The zero-order valence-corrected chi connectivity index (χ0v) is 10.2. The summed E-state index contributed by atoms with van der Waals surface area (Å²) >= 11 is 0. The first kappa shape index (κ1) is 13.2. The number of benzene rings is 1. The Morgan fingerprint density at radius 3 is 2.59 bits per heavy atom. The minimum Gasteiger partial charge on any atom is -0.508 e. The van der Waals surface area contributed by atoms with Crippen LogP contribution in [0.3, 0.4) is 0 Å². The lowest BCUT2D eigenvalue weighted by Gasteiger charge is -2.02. The van der Waals surface area contributed by atoms with Crippen LogP contribution >= 0.6 is 0 Å². The summed E-state index contributed by atoms with van der Waals surface area (Å²) in [6.45, 7) is 4.01. The fourth-order valence-electron chi connectivity index (χ4n) is 1.31. The van der Waals surface area contributed by atoms with Gasteiger partial charge in [0.2, 0.25) is 0 Å². The maximum absolute atomic E-state index is 11.6. The first-order valence-corrected chi connectivity index (χ1v) is 5.76. The molecule has 0 atom stereocenters. The predicted molar refractivity (Wildman–Crippen MR) is 68.2 cm³/mol. The second kappa shape index (κ2) is 6.68. The molecule has 1 rings (SSSR count). The molecule has 0 heterocycles. The molecule has 0 aromatic heterocycles. The molecule has 0 unspecified atom stereocenters. The average Bonchev–Trinajstić information content (AvgIpc) is 2.34. The van der Waals surface area contributed by atoms with E-state index in [0.717, 1.165) is 25.0 Å². The fraction of sp³-hybridized carbons (Fsp3) is 0.385. The van der Waals surface area contributed by atoms with Crippen LogP contribution < -0.4 is 5.43 Å². The van der Waals surface area contributed by atoms with E-state index in [2.05, 4.69) is 17.5 Å². The number of hydrazone groups is 1. The topological polar surface area (TPSA) is 61.7 Å². The second-order valence-corrected chi connectivity index (χ2v) is 3.94. The van der Waals surface area contributed by atoms with Crippen LogP contribution in [-0.2, 0) is 0 Å². The number of phenols is 1.